The summed E-state index contributed by atoms with van der Waals surface area (Å²) in [7, 11) is 0. The van der Waals surface area contributed by atoms with Crippen LogP contribution >= 0.6 is 0 Å². The first-order chi connectivity index (χ1) is 19.0. The van der Waals surface area contributed by atoms with Gasteiger partial charge in [0.1, 0.15) is 28.7 Å². The van der Waals surface area contributed by atoms with Crippen molar-refractivity contribution in [2.24, 2.45) is 11.8 Å². The number of hydrogen-bond acceptors (Lipinski definition) is 10. The summed E-state index contributed by atoms with van der Waals surface area (Å²) in [4.78, 5) is 28.2. The Kier molecular flexibility index (Phi) is 6.48. The molecule has 4 atom stereocenters. The molecule has 8 N–H and O–H groups in total. The molecule has 40 heavy (non-hydrogen) atoms. The third-order valence-electron chi connectivity index (χ3n) is 7.27. The van der Waals surface area contributed by atoms with Crippen molar-refractivity contribution in [3.8, 4) is 40.2 Å². The van der Waals surface area contributed by atoms with E-state index in [0.717, 1.165) is 36.4 Å². The lowest BCUT2D eigenvalue weighted by Gasteiger charge is -2.41. The lowest BCUT2D eigenvalue weighted by atomic mass is 9.61. The van der Waals surface area contributed by atoms with E-state index in [0.29, 0.717) is 5.56 Å². The summed E-state index contributed by atoms with van der Waals surface area (Å²) in [6.45, 7) is 0. The van der Waals surface area contributed by atoms with Gasteiger partial charge in [-0.2, -0.15) is 0 Å². The number of hydrogen-bond donors (Lipinski definition) is 8. The zero-order valence-electron chi connectivity index (χ0n) is 20.6. The first-order valence-corrected chi connectivity index (χ1v) is 12.1. The number of aliphatic hydroxyl groups is 1. The summed E-state index contributed by atoms with van der Waals surface area (Å²) < 4.78 is 0. The number of aliphatic hydroxyl groups excluding tert-OH is 1. The van der Waals surface area contributed by atoms with Gasteiger partial charge >= 0.3 is 0 Å². The summed E-state index contributed by atoms with van der Waals surface area (Å²) in [5.74, 6) is -8.86. The van der Waals surface area contributed by atoms with Crippen LogP contribution < -0.4 is 0 Å². The molecule has 4 aromatic carbocycles. The molecule has 0 bridgehead atoms. The molecule has 1 aliphatic rings. The monoisotopic (exact) mass is 544 g/mol. The molecule has 0 aliphatic heterocycles. The maximum Gasteiger partial charge on any atom is 0.173 e. The minimum absolute atomic E-state index is 0.0315. The first-order valence-electron chi connectivity index (χ1n) is 12.1. The number of phenols is 7. The van der Waals surface area contributed by atoms with Crippen LogP contribution in [0.1, 0.15) is 49.4 Å². The number of carbonyl (C=O) groups excluding carboxylic acids is 2. The highest BCUT2D eigenvalue weighted by Crippen LogP contribution is 2.53. The summed E-state index contributed by atoms with van der Waals surface area (Å²) in [5, 5.41) is 82.6. The van der Waals surface area contributed by atoms with Gasteiger partial charge in [-0.3, -0.25) is 9.59 Å². The number of ketones is 2. The SMILES string of the molecule is O=C(c1ccc(O)cc1O)C1C(O)c2cc(O)c(O)cc2C(c2ccc(O)cc2)C1C(=O)c1ccc(O)cc1O. The minimum Gasteiger partial charge on any atom is -0.508 e. The Hall–Kier alpha value is -5.22. The van der Waals surface area contributed by atoms with Gasteiger partial charge < -0.3 is 40.9 Å². The second kappa shape index (κ2) is 9.83. The Morgan fingerprint density at radius 1 is 0.500 bits per heavy atom. The van der Waals surface area contributed by atoms with E-state index < -0.39 is 58.4 Å². The van der Waals surface area contributed by atoms with Crippen LogP contribution in [0.2, 0.25) is 0 Å². The van der Waals surface area contributed by atoms with E-state index in [9.17, 15) is 50.4 Å². The fraction of sp³-hybridized carbons (Fsp3) is 0.133. The van der Waals surface area contributed by atoms with E-state index >= 15 is 0 Å². The third-order valence-corrected chi connectivity index (χ3v) is 7.27. The molecule has 10 nitrogen and oxygen atoms in total. The lowest BCUT2D eigenvalue weighted by molar-refractivity contribution is 0.0372. The van der Waals surface area contributed by atoms with E-state index in [1.54, 1.807) is 0 Å². The highest BCUT2D eigenvalue weighted by atomic mass is 16.3. The fourth-order valence-electron chi connectivity index (χ4n) is 5.43. The van der Waals surface area contributed by atoms with Crippen LogP contribution in [0.15, 0.2) is 72.8 Å². The minimum atomic E-state index is -1.73. The summed E-state index contributed by atoms with van der Waals surface area (Å²) in [6, 6.07) is 14.4. The molecule has 0 amide bonds. The number of rotatable bonds is 5. The maximum atomic E-state index is 14.2. The second-order valence-corrected chi connectivity index (χ2v) is 9.67. The van der Waals surface area contributed by atoms with Crippen molar-refractivity contribution in [1.29, 1.82) is 0 Å². The van der Waals surface area contributed by atoms with Crippen molar-refractivity contribution >= 4 is 11.6 Å². The molecule has 0 fully saturated rings. The molecular formula is C30H24O10. The van der Waals surface area contributed by atoms with Crippen LogP contribution in [-0.2, 0) is 0 Å². The highest BCUT2D eigenvalue weighted by Gasteiger charge is 2.51. The van der Waals surface area contributed by atoms with E-state index in [1.165, 1.54) is 36.4 Å². The number of Topliss-reactive ketones (excluding diaryl/α,β-unsaturated/α-hetero) is 2. The number of phenolic OH excluding ortho intramolecular Hbond substituents is 7. The number of aromatic hydroxyl groups is 7. The van der Waals surface area contributed by atoms with Gasteiger partial charge in [0, 0.05) is 24.0 Å². The summed E-state index contributed by atoms with van der Waals surface area (Å²) in [5.41, 5.74) is 0.0527. The number of benzene rings is 4. The van der Waals surface area contributed by atoms with E-state index in [2.05, 4.69) is 0 Å². The Morgan fingerprint density at radius 3 is 1.45 bits per heavy atom. The predicted octanol–water partition coefficient (Wildman–Crippen LogP) is 3.80. The number of carbonyl (C=O) groups is 2. The molecular weight excluding hydrogens is 520 g/mol. The highest BCUT2D eigenvalue weighted by molar-refractivity contribution is 6.08. The van der Waals surface area contributed by atoms with Gasteiger partial charge in [-0.05, 0) is 65.2 Å². The average molecular weight is 545 g/mol. The molecule has 0 radical (unpaired) electrons. The van der Waals surface area contributed by atoms with Gasteiger partial charge in [0.2, 0.25) is 0 Å². The normalized spacial score (nSPS) is 20.0. The Balaban J connectivity index is 1.81. The predicted molar refractivity (Wildman–Crippen MR) is 140 cm³/mol. The maximum absolute atomic E-state index is 14.2. The van der Waals surface area contributed by atoms with Crippen LogP contribution in [0.3, 0.4) is 0 Å². The lowest BCUT2D eigenvalue weighted by Crippen LogP contribution is -2.43. The van der Waals surface area contributed by atoms with Gasteiger partial charge in [-0.25, -0.2) is 0 Å². The average Bonchev–Trinajstić information content (AvgIpc) is 2.90. The van der Waals surface area contributed by atoms with E-state index in [4.69, 9.17) is 0 Å². The van der Waals surface area contributed by atoms with Crippen molar-refractivity contribution < 1.29 is 50.4 Å². The zero-order valence-corrected chi connectivity index (χ0v) is 20.6. The molecule has 4 aromatic rings. The van der Waals surface area contributed by atoms with Crippen molar-refractivity contribution in [3.05, 3.63) is 101 Å². The van der Waals surface area contributed by atoms with Gasteiger partial charge in [0.15, 0.2) is 23.1 Å². The first kappa shape index (κ1) is 26.4. The molecule has 0 saturated heterocycles. The van der Waals surface area contributed by atoms with Gasteiger partial charge in [0.05, 0.1) is 23.1 Å². The van der Waals surface area contributed by atoms with Crippen LogP contribution in [0, 0.1) is 11.8 Å². The zero-order chi connectivity index (χ0) is 28.9. The standard InChI is InChI=1S/C30H24O10/c31-14-3-1-13(2-4-14)25-19-11-23(36)24(37)12-20(19)30(40)27(29(39)18-8-6-16(33)10-22(18)35)26(25)28(38)17-7-5-15(32)9-21(17)34/h1-12,25-27,30-37,40H. The molecule has 0 spiro atoms. The van der Waals surface area contributed by atoms with Gasteiger partial charge in [-0.15, -0.1) is 0 Å². The van der Waals surface area contributed by atoms with Crippen molar-refractivity contribution in [2.75, 3.05) is 0 Å². The van der Waals surface area contributed by atoms with Gasteiger partial charge in [0.25, 0.3) is 0 Å². The van der Waals surface area contributed by atoms with Crippen molar-refractivity contribution in [2.45, 2.75) is 12.0 Å². The molecule has 4 unspecified atom stereocenters. The van der Waals surface area contributed by atoms with Crippen molar-refractivity contribution in [3.63, 3.8) is 0 Å². The summed E-state index contributed by atoms with van der Waals surface area (Å²) >= 11 is 0. The molecule has 10 heteroatoms. The van der Waals surface area contributed by atoms with Crippen LogP contribution in [0.25, 0.3) is 0 Å². The molecule has 0 heterocycles. The van der Waals surface area contributed by atoms with Crippen molar-refractivity contribution in [1.82, 2.24) is 0 Å². The van der Waals surface area contributed by atoms with E-state index in [1.807, 2.05) is 0 Å². The Morgan fingerprint density at radius 2 is 0.950 bits per heavy atom. The van der Waals surface area contributed by atoms with Gasteiger partial charge in [-0.1, -0.05) is 12.1 Å². The van der Waals surface area contributed by atoms with Crippen LogP contribution in [0.4, 0.5) is 0 Å². The molecule has 1 aliphatic carbocycles. The largest absolute Gasteiger partial charge is 0.508 e. The second-order valence-electron chi connectivity index (χ2n) is 9.67. The Bertz CT molecular complexity index is 1640. The Labute approximate surface area is 226 Å². The number of fused-ring (bicyclic) bond motifs is 1. The topological polar surface area (TPSA) is 196 Å². The fourth-order valence-corrected chi connectivity index (χ4v) is 5.43. The molecule has 0 aromatic heterocycles. The quantitative estimate of drug-likeness (QED) is 0.135. The summed E-state index contributed by atoms with van der Waals surface area (Å²) in [6.07, 6.45) is -1.73. The van der Waals surface area contributed by atoms with Crippen LogP contribution in [-0.4, -0.2) is 52.4 Å². The molecule has 5 rings (SSSR count). The van der Waals surface area contributed by atoms with Crippen LogP contribution in [0.5, 0.6) is 40.2 Å². The molecule has 204 valence electrons. The van der Waals surface area contributed by atoms with E-state index in [-0.39, 0.29) is 39.5 Å². The smallest absolute Gasteiger partial charge is 0.173 e. The third kappa shape index (κ3) is 4.40. The molecule has 0 saturated carbocycles.